The number of ether oxygens (including phenoxy) is 3. The van der Waals surface area contributed by atoms with Crippen molar-refractivity contribution in [2.24, 2.45) is 0 Å². The third kappa shape index (κ3) is 45.3. The lowest BCUT2D eigenvalue weighted by Crippen LogP contribution is -2.55. The maximum absolute atomic E-state index is 12.8. The summed E-state index contributed by atoms with van der Waals surface area (Å²) in [5.41, 5.74) is 0. The summed E-state index contributed by atoms with van der Waals surface area (Å²) in [7, 11) is 5.44. The number of esters is 2. The fourth-order valence-electron chi connectivity index (χ4n) is 8.72. The first-order valence-electron chi connectivity index (χ1n) is 27.6. The summed E-state index contributed by atoms with van der Waals surface area (Å²) in [4.78, 5) is 37.1. The van der Waals surface area contributed by atoms with Crippen LogP contribution < -0.4 is 5.11 Å². The number of aliphatic carboxylic acids is 1. The Bertz CT molecular complexity index is 998. The van der Waals surface area contributed by atoms with Crippen molar-refractivity contribution in [2.45, 2.75) is 296 Å². The standard InChI is InChI=1S/C55H107NO7/c1-6-8-10-12-14-16-18-20-22-24-26-27-28-30-31-33-35-37-39-41-43-45-53(57)62-50-51(49-61-48-47-52(55(59)60)56(3,4)5)63-54(58)46-44-42-40-38-36-34-32-29-25-23-21-19-17-15-13-11-9-7-2/h51-52H,6-50H2,1-5H3. The van der Waals surface area contributed by atoms with Crippen LogP contribution in [0, 0.1) is 0 Å². The molecule has 0 bridgehead atoms. The van der Waals surface area contributed by atoms with Crippen LogP contribution in [0.25, 0.3) is 0 Å². The van der Waals surface area contributed by atoms with E-state index in [1.807, 2.05) is 21.1 Å². The summed E-state index contributed by atoms with van der Waals surface area (Å²) in [6.07, 6.45) is 51.4. The lowest BCUT2D eigenvalue weighted by Gasteiger charge is -2.34. The molecule has 0 aromatic carbocycles. The lowest BCUT2D eigenvalue weighted by atomic mass is 10.0. The minimum atomic E-state index is -1.12. The highest BCUT2D eigenvalue weighted by Crippen LogP contribution is 2.18. The van der Waals surface area contributed by atoms with Gasteiger partial charge in [0.25, 0.3) is 0 Å². The Morgan fingerprint density at radius 3 is 0.984 bits per heavy atom. The van der Waals surface area contributed by atoms with E-state index in [0.717, 1.165) is 38.5 Å². The van der Waals surface area contributed by atoms with Gasteiger partial charge in [-0.3, -0.25) is 9.59 Å². The number of unbranched alkanes of at least 4 members (excludes halogenated alkanes) is 37. The summed E-state index contributed by atoms with van der Waals surface area (Å²) in [5.74, 6) is -1.70. The van der Waals surface area contributed by atoms with E-state index in [1.54, 1.807) is 0 Å². The molecule has 0 saturated carbocycles. The molecular formula is C55H107NO7. The van der Waals surface area contributed by atoms with Crippen molar-refractivity contribution in [1.82, 2.24) is 0 Å². The van der Waals surface area contributed by atoms with Crippen LogP contribution in [-0.2, 0) is 28.6 Å². The van der Waals surface area contributed by atoms with Crippen LogP contribution in [0.1, 0.15) is 284 Å². The van der Waals surface area contributed by atoms with Crippen LogP contribution in [0.3, 0.4) is 0 Å². The fourth-order valence-corrected chi connectivity index (χ4v) is 8.72. The van der Waals surface area contributed by atoms with Crippen molar-refractivity contribution >= 4 is 17.9 Å². The second-order valence-electron chi connectivity index (χ2n) is 20.2. The second-order valence-corrected chi connectivity index (χ2v) is 20.2. The fraction of sp³-hybridized carbons (Fsp3) is 0.945. The van der Waals surface area contributed by atoms with Gasteiger partial charge >= 0.3 is 11.9 Å². The lowest BCUT2D eigenvalue weighted by molar-refractivity contribution is -0.889. The number of nitrogens with zero attached hydrogens (tertiary/aromatic N) is 1. The molecule has 0 aromatic rings. The molecule has 0 aliphatic carbocycles. The van der Waals surface area contributed by atoms with E-state index in [9.17, 15) is 19.5 Å². The Kier molecular flexibility index (Phi) is 45.6. The van der Waals surface area contributed by atoms with E-state index in [4.69, 9.17) is 14.2 Å². The van der Waals surface area contributed by atoms with Crippen molar-refractivity contribution < 1.29 is 38.2 Å². The number of carbonyl (C=O) groups excluding carboxylic acids is 3. The average molecular weight is 894 g/mol. The molecule has 0 saturated heterocycles. The molecule has 0 rings (SSSR count). The van der Waals surface area contributed by atoms with E-state index in [2.05, 4.69) is 13.8 Å². The van der Waals surface area contributed by atoms with Gasteiger partial charge in [-0.25, -0.2) is 0 Å². The van der Waals surface area contributed by atoms with Gasteiger partial charge in [0.05, 0.1) is 40.3 Å². The van der Waals surface area contributed by atoms with Gasteiger partial charge in [0.2, 0.25) is 0 Å². The van der Waals surface area contributed by atoms with Crippen LogP contribution in [-0.4, -0.2) is 75.5 Å². The summed E-state index contributed by atoms with van der Waals surface area (Å²) < 4.78 is 17.3. The van der Waals surface area contributed by atoms with Gasteiger partial charge in [-0.15, -0.1) is 0 Å². The maximum atomic E-state index is 12.8. The van der Waals surface area contributed by atoms with E-state index in [0.29, 0.717) is 12.8 Å². The van der Waals surface area contributed by atoms with Gasteiger partial charge in [0, 0.05) is 19.3 Å². The number of carbonyl (C=O) groups is 3. The smallest absolute Gasteiger partial charge is 0.306 e. The molecule has 0 N–H and O–H groups in total. The van der Waals surface area contributed by atoms with Crippen molar-refractivity contribution in [3.8, 4) is 0 Å². The normalized spacial score (nSPS) is 12.7. The van der Waals surface area contributed by atoms with E-state index < -0.39 is 18.1 Å². The van der Waals surface area contributed by atoms with E-state index >= 15 is 0 Å². The first-order valence-corrected chi connectivity index (χ1v) is 27.6. The predicted molar refractivity (Wildman–Crippen MR) is 264 cm³/mol. The highest BCUT2D eigenvalue weighted by Gasteiger charge is 2.25. The van der Waals surface area contributed by atoms with Crippen molar-refractivity contribution in [3.05, 3.63) is 0 Å². The maximum Gasteiger partial charge on any atom is 0.306 e. The highest BCUT2D eigenvalue weighted by molar-refractivity contribution is 5.70. The first kappa shape index (κ1) is 61.3. The zero-order valence-electron chi connectivity index (χ0n) is 42.8. The molecule has 0 radical (unpaired) electrons. The molecule has 374 valence electrons. The second kappa shape index (κ2) is 46.8. The molecule has 0 spiro atoms. The van der Waals surface area contributed by atoms with Crippen LogP contribution in [0.2, 0.25) is 0 Å². The molecule has 0 aromatic heterocycles. The quantitative estimate of drug-likeness (QED) is 0.0340. The number of carboxylic acid groups (broad SMARTS) is 1. The Labute approximate surface area is 391 Å². The number of hydrogen-bond acceptors (Lipinski definition) is 7. The van der Waals surface area contributed by atoms with Crippen molar-refractivity contribution in [3.63, 3.8) is 0 Å². The number of rotatable bonds is 51. The number of hydrogen-bond donors (Lipinski definition) is 0. The van der Waals surface area contributed by atoms with Gasteiger partial charge in [0.1, 0.15) is 12.6 Å². The van der Waals surface area contributed by atoms with Crippen LogP contribution in [0.5, 0.6) is 0 Å². The molecule has 0 aliphatic heterocycles. The molecule has 0 heterocycles. The summed E-state index contributed by atoms with van der Waals surface area (Å²) in [6, 6.07) is -0.720. The topological polar surface area (TPSA) is 102 Å². The van der Waals surface area contributed by atoms with Gasteiger partial charge in [0.15, 0.2) is 6.10 Å². The van der Waals surface area contributed by atoms with Crippen molar-refractivity contribution in [2.75, 3.05) is 41.0 Å². The molecule has 0 fully saturated rings. The first-order chi connectivity index (χ1) is 30.6. The van der Waals surface area contributed by atoms with E-state index in [1.165, 1.54) is 212 Å². The molecule has 0 aliphatic rings. The van der Waals surface area contributed by atoms with Gasteiger partial charge in [-0.1, -0.05) is 251 Å². The Morgan fingerprint density at radius 2 is 0.698 bits per heavy atom. The molecule has 2 atom stereocenters. The Balaban J connectivity index is 4.13. The number of carboxylic acids is 1. The van der Waals surface area contributed by atoms with Gasteiger partial charge < -0.3 is 28.6 Å². The van der Waals surface area contributed by atoms with E-state index in [-0.39, 0.29) is 42.7 Å². The number of quaternary nitrogens is 1. The largest absolute Gasteiger partial charge is 0.544 e. The summed E-state index contributed by atoms with van der Waals surface area (Å²) >= 11 is 0. The molecule has 8 heteroatoms. The minimum absolute atomic E-state index is 0.0500. The number of likely N-dealkylation sites (N-methyl/N-ethyl adjacent to an activating group) is 1. The van der Waals surface area contributed by atoms with Crippen LogP contribution in [0.15, 0.2) is 0 Å². The molecule has 63 heavy (non-hydrogen) atoms. The molecule has 8 nitrogen and oxygen atoms in total. The minimum Gasteiger partial charge on any atom is -0.544 e. The summed E-state index contributed by atoms with van der Waals surface area (Å²) in [6.45, 7) is 4.74. The van der Waals surface area contributed by atoms with Gasteiger partial charge in [-0.05, 0) is 12.8 Å². The molecule has 0 amide bonds. The summed E-state index contributed by atoms with van der Waals surface area (Å²) in [5, 5.41) is 11.7. The Hall–Kier alpha value is -1.67. The Morgan fingerprint density at radius 1 is 0.413 bits per heavy atom. The predicted octanol–water partition coefficient (Wildman–Crippen LogP) is 14.7. The monoisotopic (exact) mass is 894 g/mol. The zero-order chi connectivity index (χ0) is 46.3. The van der Waals surface area contributed by atoms with Crippen molar-refractivity contribution in [1.29, 1.82) is 0 Å². The molecular weight excluding hydrogens is 787 g/mol. The zero-order valence-corrected chi connectivity index (χ0v) is 42.8. The highest BCUT2D eigenvalue weighted by atomic mass is 16.6. The third-order valence-corrected chi connectivity index (χ3v) is 13.0. The van der Waals surface area contributed by atoms with Crippen LogP contribution >= 0.6 is 0 Å². The molecule has 2 unspecified atom stereocenters. The van der Waals surface area contributed by atoms with Gasteiger partial charge in [-0.2, -0.15) is 0 Å². The van der Waals surface area contributed by atoms with Crippen LogP contribution in [0.4, 0.5) is 0 Å². The third-order valence-electron chi connectivity index (χ3n) is 13.0. The SMILES string of the molecule is CCCCCCCCCCCCCCCCCCCCCCCC(=O)OCC(COCCC(C(=O)[O-])[N+](C)(C)C)OC(=O)CCCCCCCCCCCCCCCCCCCC. The average Bonchev–Trinajstić information content (AvgIpc) is 3.24.